The summed E-state index contributed by atoms with van der Waals surface area (Å²) in [7, 11) is -0.540. The zero-order chi connectivity index (χ0) is 15.6. The predicted octanol–water partition coefficient (Wildman–Crippen LogP) is -0.649. The van der Waals surface area contributed by atoms with Crippen molar-refractivity contribution in [3.63, 3.8) is 0 Å². The van der Waals surface area contributed by atoms with E-state index in [1.165, 1.54) is 0 Å². The van der Waals surface area contributed by atoms with Gasteiger partial charge in [-0.15, -0.1) is 0 Å². The molecule has 0 aromatic carbocycles. The van der Waals surface area contributed by atoms with Crippen LogP contribution in [0.15, 0.2) is 0 Å². The van der Waals surface area contributed by atoms with Crippen molar-refractivity contribution in [1.82, 2.24) is 4.90 Å². The molecule has 2 heterocycles. The number of likely N-dealkylation sites (tertiary alicyclic amines) is 1. The fourth-order valence-corrected chi connectivity index (χ4v) is 3.10. The summed E-state index contributed by atoms with van der Waals surface area (Å²) in [6.45, 7) is 4.59. The maximum absolute atomic E-state index is 12.4. The third-order valence-corrected chi connectivity index (χ3v) is 4.29. The van der Waals surface area contributed by atoms with Gasteiger partial charge in [0.1, 0.15) is 5.54 Å². The molecule has 0 bridgehead atoms. The molecular formula is C13H24BN3O4. The number of hydrogen-bond acceptors (Lipinski definition) is 6. The maximum atomic E-state index is 12.4. The van der Waals surface area contributed by atoms with Crippen molar-refractivity contribution in [2.75, 3.05) is 19.7 Å². The van der Waals surface area contributed by atoms with E-state index in [0.29, 0.717) is 19.5 Å². The van der Waals surface area contributed by atoms with E-state index in [4.69, 9.17) is 20.8 Å². The number of hydrogen-bond donors (Lipinski definition) is 2. The lowest BCUT2D eigenvalue weighted by Crippen LogP contribution is -2.58. The quantitative estimate of drug-likeness (QED) is 0.670. The number of nitrogens with two attached hydrogens (primary N) is 2. The molecule has 0 radical (unpaired) electrons. The van der Waals surface area contributed by atoms with Gasteiger partial charge < -0.3 is 25.7 Å². The Balaban J connectivity index is 2.13. The first-order chi connectivity index (χ1) is 9.88. The minimum Gasteiger partial charge on any atom is -0.508 e. The minimum absolute atomic E-state index is 0.0877. The van der Waals surface area contributed by atoms with Crippen LogP contribution in [-0.2, 0) is 18.9 Å². The third-order valence-electron chi connectivity index (χ3n) is 4.29. The number of nitrogens with zero attached hydrogens (tertiary/aromatic N) is 1. The highest BCUT2D eigenvalue weighted by Crippen LogP contribution is 2.33. The van der Waals surface area contributed by atoms with Crippen LogP contribution in [0.2, 0.25) is 6.32 Å². The summed E-state index contributed by atoms with van der Waals surface area (Å²) in [5, 5.41) is 0. The highest BCUT2D eigenvalue weighted by Gasteiger charge is 2.53. The van der Waals surface area contributed by atoms with Crippen molar-refractivity contribution >= 4 is 19.0 Å². The molecule has 0 aliphatic carbocycles. The van der Waals surface area contributed by atoms with Gasteiger partial charge in [0.05, 0.1) is 6.04 Å². The minimum atomic E-state index is -1.15. The van der Waals surface area contributed by atoms with E-state index in [2.05, 4.69) is 0 Å². The van der Waals surface area contributed by atoms with E-state index in [0.717, 1.165) is 12.8 Å². The Bertz CT molecular complexity index is 420. The van der Waals surface area contributed by atoms with Crippen LogP contribution in [0.25, 0.3) is 0 Å². The Hall–Kier alpha value is -1.12. The molecular weight excluding hydrogens is 273 g/mol. The fourth-order valence-electron chi connectivity index (χ4n) is 3.10. The number of amides is 1. The first-order valence-corrected chi connectivity index (χ1v) is 7.54. The Morgan fingerprint density at radius 2 is 2.38 bits per heavy atom. The van der Waals surface area contributed by atoms with Gasteiger partial charge in [-0.1, -0.05) is 6.42 Å². The standard InChI is InChI=1S/C13H24BN3O4/c1-3-20-14-6-4-5-10-7-17(11(18)9(2)15)8-13(10,16)12(19)21-14/h9-10H,3-8,15-16H2,1-2H3/t9-,10-,13-/m0/s1. The molecule has 7 nitrogen and oxygen atoms in total. The molecule has 118 valence electrons. The Morgan fingerprint density at radius 1 is 1.67 bits per heavy atom. The van der Waals surface area contributed by atoms with E-state index < -0.39 is 24.7 Å². The van der Waals surface area contributed by atoms with Gasteiger partial charge in [0.2, 0.25) is 5.91 Å². The van der Waals surface area contributed by atoms with Gasteiger partial charge in [0, 0.05) is 25.6 Å². The predicted molar refractivity (Wildman–Crippen MR) is 78.2 cm³/mol. The molecule has 1 amide bonds. The van der Waals surface area contributed by atoms with E-state index in [9.17, 15) is 9.59 Å². The smallest absolute Gasteiger partial charge is 0.508 e. The van der Waals surface area contributed by atoms with Crippen LogP contribution in [0.1, 0.15) is 26.7 Å². The van der Waals surface area contributed by atoms with Gasteiger partial charge in [-0.2, -0.15) is 0 Å². The molecule has 0 aromatic heterocycles. The van der Waals surface area contributed by atoms with Crippen LogP contribution < -0.4 is 11.5 Å². The first kappa shape index (κ1) is 16.3. The molecule has 2 rings (SSSR count). The van der Waals surface area contributed by atoms with Crippen molar-refractivity contribution in [2.24, 2.45) is 17.4 Å². The molecule has 8 heteroatoms. The van der Waals surface area contributed by atoms with Crippen LogP contribution in [0.5, 0.6) is 0 Å². The van der Waals surface area contributed by atoms with Crippen LogP contribution in [0.3, 0.4) is 0 Å². The van der Waals surface area contributed by atoms with Crippen LogP contribution in [-0.4, -0.2) is 55.2 Å². The molecule has 2 aliphatic rings. The van der Waals surface area contributed by atoms with E-state index >= 15 is 0 Å². The molecule has 2 fully saturated rings. The van der Waals surface area contributed by atoms with E-state index in [1.807, 2.05) is 6.92 Å². The van der Waals surface area contributed by atoms with Crippen molar-refractivity contribution < 1.29 is 18.9 Å². The highest BCUT2D eigenvalue weighted by atomic mass is 16.6. The van der Waals surface area contributed by atoms with Gasteiger partial charge in [-0.05, 0) is 26.6 Å². The topological polar surface area (TPSA) is 108 Å². The summed E-state index contributed by atoms with van der Waals surface area (Å²) in [5.74, 6) is -0.748. The monoisotopic (exact) mass is 297 g/mol. The fraction of sp³-hybridized carbons (Fsp3) is 0.846. The van der Waals surface area contributed by atoms with Crippen molar-refractivity contribution in [1.29, 1.82) is 0 Å². The van der Waals surface area contributed by atoms with Gasteiger partial charge >= 0.3 is 13.1 Å². The summed E-state index contributed by atoms with van der Waals surface area (Å²) in [5.41, 5.74) is 10.8. The summed E-state index contributed by atoms with van der Waals surface area (Å²) in [4.78, 5) is 26.0. The van der Waals surface area contributed by atoms with Gasteiger partial charge in [0.25, 0.3) is 0 Å². The highest BCUT2D eigenvalue weighted by molar-refractivity contribution is 6.47. The lowest BCUT2D eigenvalue weighted by Gasteiger charge is -2.31. The normalized spacial score (nSPS) is 31.2. The molecule has 4 N–H and O–H groups in total. The second-order valence-electron chi connectivity index (χ2n) is 5.97. The molecule has 2 saturated heterocycles. The molecule has 0 unspecified atom stereocenters. The van der Waals surface area contributed by atoms with Crippen LogP contribution in [0.4, 0.5) is 0 Å². The Morgan fingerprint density at radius 3 is 3.00 bits per heavy atom. The van der Waals surface area contributed by atoms with Crippen molar-refractivity contribution in [3.8, 4) is 0 Å². The summed E-state index contributed by atoms with van der Waals surface area (Å²) in [6.07, 6.45) is 2.28. The summed E-state index contributed by atoms with van der Waals surface area (Å²) in [6, 6.07) is -0.592. The van der Waals surface area contributed by atoms with E-state index in [1.54, 1.807) is 11.8 Å². The molecule has 3 atom stereocenters. The summed E-state index contributed by atoms with van der Waals surface area (Å²) >= 11 is 0. The second-order valence-corrected chi connectivity index (χ2v) is 5.97. The zero-order valence-electron chi connectivity index (χ0n) is 12.7. The number of rotatable bonds is 3. The second kappa shape index (κ2) is 6.33. The van der Waals surface area contributed by atoms with Gasteiger partial charge in [-0.25, -0.2) is 0 Å². The average Bonchev–Trinajstić information content (AvgIpc) is 2.75. The first-order valence-electron chi connectivity index (χ1n) is 7.54. The third kappa shape index (κ3) is 3.22. The molecule has 21 heavy (non-hydrogen) atoms. The average molecular weight is 297 g/mol. The summed E-state index contributed by atoms with van der Waals surface area (Å²) < 4.78 is 10.8. The number of carbonyl (C=O) groups is 2. The lowest BCUT2D eigenvalue weighted by molar-refractivity contribution is -0.143. The Labute approximate surface area is 125 Å². The van der Waals surface area contributed by atoms with Crippen LogP contribution in [0, 0.1) is 5.92 Å². The number of fused-ring (bicyclic) bond motifs is 1. The van der Waals surface area contributed by atoms with Gasteiger partial charge in [-0.3, -0.25) is 9.59 Å². The lowest BCUT2D eigenvalue weighted by atomic mass is 9.74. The largest absolute Gasteiger partial charge is 0.527 e. The Kier molecular flexibility index (Phi) is 4.90. The molecule has 0 aromatic rings. The van der Waals surface area contributed by atoms with Crippen molar-refractivity contribution in [2.45, 2.75) is 44.6 Å². The zero-order valence-corrected chi connectivity index (χ0v) is 12.7. The number of carbonyl (C=O) groups excluding carboxylic acids is 2. The molecule has 0 spiro atoms. The van der Waals surface area contributed by atoms with Crippen molar-refractivity contribution in [3.05, 3.63) is 0 Å². The molecule has 2 aliphatic heterocycles. The SMILES string of the molecule is CCOB1CCC[C@H]2CN(C(=O)[C@H](C)N)C[C@@]2(N)C(=O)O1. The van der Waals surface area contributed by atoms with Crippen LogP contribution >= 0.6 is 0 Å². The molecule has 0 saturated carbocycles. The van der Waals surface area contributed by atoms with E-state index in [-0.39, 0.29) is 18.4 Å². The van der Waals surface area contributed by atoms with Gasteiger partial charge in [0.15, 0.2) is 0 Å². The maximum Gasteiger partial charge on any atom is 0.527 e.